The Morgan fingerprint density at radius 2 is 1.95 bits per heavy atom. The summed E-state index contributed by atoms with van der Waals surface area (Å²) in [5, 5.41) is 2.05. The molecule has 0 spiro atoms. The minimum absolute atomic E-state index is 0.420. The molecule has 0 aliphatic carbocycles. The normalized spacial score (nSPS) is 10.7. The summed E-state index contributed by atoms with van der Waals surface area (Å²) in [5.74, 6) is 2.33. The molecule has 0 saturated heterocycles. The van der Waals surface area contributed by atoms with Crippen molar-refractivity contribution in [3.05, 3.63) is 58.8 Å². The average Bonchev–Trinajstić information content (AvgIpc) is 3.04. The number of benzene rings is 1. The maximum Gasteiger partial charge on any atom is 0.237 e. The maximum atomic E-state index is 5.75. The van der Waals surface area contributed by atoms with Crippen LogP contribution in [-0.2, 0) is 6.61 Å². The first-order valence-electron chi connectivity index (χ1n) is 6.42. The fourth-order valence-electron chi connectivity index (χ4n) is 1.92. The Morgan fingerprint density at radius 3 is 2.65 bits per heavy atom. The minimum Gasteiger partial charge on any atom is -0.487 e. The summed E-state index contributed by atoms with van der Waals surface area (Å²) in [6, 6.07) is 11.8. The highest BCUT2D eigenvalue weighted by Crippen LogP contribution is 2.30. The van der Waals surface area contributed by atoms with Crippen LogP contribution in [0.1, 0.15) is 17.0 Å². The second kappa shape index (κ2) is 5.51. The molecular formula is C16H15NO2S. The lowest BCUT2D eigenvalue weighted by Gasteiger charge is -2.03. The van der Waals surface area contributed by atoms with Gasteiger partial charge in [-0.3, -0.25) is 0 Å². The van der Waals surface area contributed by atoms with E-state index < -0.39 is 0 Å². The molecule has 0 aliphatic heterocycles. The summed E-state index contributed by atoms with van der Waals surface area (Å²) in [6.07, 6.45) is 0. The largest absolute Gasteiger partial charge is 0.487 e. The predicted molar refractivity (Wildman–Crippen MR) is 80.1 cm³/mol. The SMILES string of the molecule is Cc1ccsc1-c1nc(COc2ccccc2)c(C)o1. The molecule has 0 aliphatic rings. The molecule has 20 heavy (non-hydrogen) atoms. The Labute approximate surface area is 121 Å². The highest BCUT2D eigenvalue weighted by molar-refractivity contribution is 7.13. The van der Waals surface area contributed by atoms with E-state index in [2.05, 4.69) is 18.0 Å². The van der Waals surface area contributed by atoms with E-state index in [9.17, 15) is 0 Å². The lowest BCUT2D eigenvalue weighted by atomic mass is 10.3. The first kappa shape index (κ1) is 12.9. The van der Waals surface area contributed by atoms with Crippen molar-refractivity contribution in [1.29, 1.82) is 0 Å². The Morgan fingerprint density at radius 1 is 1.15 bits per heavy atom. The quantitative estimate of drug-likeness (QED) is 0.702. The lowest BCUT2D eigenvalue weighted by molar-refractivity contribution is 0.299. The zero-order valence-electron chi connectivity index (χ0n) is 11.4. The zero-order valence-corrected chi connectivity index (χ0v) is 12.2. The van der Waals surface area contributed by atoms with Gasteiger partial charge in [0, 0.05) is 0 Å². The van der Waals surface area contributed by atoms with Gasteiger partial charge in [-0.15, -0.1) is 11.3 Å². The van der Waals surface area contributed by atoms with Crippen molar-refractivity contribution < 1.29 is 9.15 Å². The van der Waals surface area contributed by atoms with E-state index in [1.807, 2.05) is 42.6 Å². The molecule has 0 N–H and O–H groups in total. The molecule has 0 radical (unpaired) electrons. The molecular weight excluding hydrogens is 270 g/mol. The van der Waals surface area contributed by atoms with Crippen molar-refractivity contribution in [1.82, 2.24) is 4.98 Å². The van der Waals surface area contributed by atoms with Crippen LogP contribution in [-0.4, -0.2) is 4.98 Å². The number of hydrogen-bond donors (Lipinski definition) is 0. The number of hydrogen-bond acceptors (Lipinski definition) is 4. The van der Waals surface area contributed by atoms with Crippen LogP contribution in [0.3, 0.4) is 0 Å². The van der Waals surface area contributed by atoms with Crippen molar-refractivity contribution in [2.24, 2.45) is 0 Å². The molecule has 0 fully saturated rings. The van der Waals surface area contributed by atoms with E-state index in [-0.39, 0.29) is 0 Å². The Balaban J connectivity index is 1.78. The number of aryl methyl sites for hydroxylation is 2. The second-order valence-corrected chi connectivity index (χ2v) is 5.47. The minimum atomic E-state index is 0.420. The van der Waals surface area contributed by atoms with Crippen LogP contribution < -0.4 is 4.74 Å². The maximum absolute atomic E-state index is 5.75. The van der Waals surface area contributed by atoms with E-state index >= 15 is 0 Å². The zero-order chi connectivity index (χ0) is 13.9. The van der Waals surface area contributed by atoms with E-state index in [1.54, 1.807) is 11.3 Å². The lowest BCUT2D eigenvalue weighted by Crippen LogP contribution is -1.97. The van der Waals surface area contributed by atoms with E-state index in [0.29, 0.717) is 12.5 Å². The van der Waals surface area contributed by atoms with Crippen LogP contribution in [0.4, 0.5) is 0 Å². The van der Waals surface area contributed by atoms with Crippen molar-refractivity contribution in [3.63, 3.8) is 0 Å². The van der Waals surface area contributed by atoms with Crippen LogP contribution in [0.2, 0.25) is 0 Å². The van der Waals surface area contributed by atoms with Gasteiger partial charge < -0.3 is 9.15 Å². The summed E-state index contributed by atoms with van der Waals surface area (Å²) < 4.78 is 11.5. The number of thiophene rings is 1. The van der Waals surface area contributed by atoms with E-state index in [4.69, 9.17) is 9.15 Å². The van der Waals surface area contributed by atoms with Crippen LogP contribution >= 0.6 is 11.3 Å². The number of oxazole rings is 1. The van der Waals surface area contributed by atoms with Gasteiger partial charge in [0.05, 0.1) is 4.88 Å². The van der Waals surface area contributed by atoms with Gasteiger partial charge in [0.15, 0.2) is 0 Å². The van der Waals surface area contributed by atoms with Crippen molar-refractivity contribution in [2.45, 2.75) is 20.5 Å². The van der Waals surface area contributed by atoms with Crippen molar-refractivity contribution >= 4 is 11.3 Å². The standard InChI is InChI=1S/C16H15NO2S/c1-11-8-9-20-15(11)16-17-14(12(2)19-16)10-18-13-6-4-3-5-7-13/h3-9H,10H2,1-2H3. The number of aromatic nitrogens is 1. The summed E-state index contributed by atoms with van der Waals surface area (Å²) in [7, 11) is 0. The Kier molecular flexibility index (Phi) is 3.56. The Bertz CT molecular complexity index is 700. The fraction of sp³-hybridized carbons (Fsp3) is 0.188. The monoisotopic (exact) mass is 285 g/mol. The molecule has 0 bridgehead atoms. The van der Waals surface area contributed by atoms with E-state index in [0.717, 1.165) is 22.1 Å². The third-order valence-corrected chi connectivity index (χ3v) is 4.07. The topological polar surface area (TPSA) is 35.3 Å². The van der Waals surface area contributed by atoms with Crippen LogP contribution in [0.15, 0.2) is 46.2 Å². The van der Waals surface area contributed by atoms with Gasteiger partial charge in [-0.2, -0.15) is 0 Å². The van der Waals surface area contributed by atoms with Crippen molar-refractivity contribution in [2.75, 3.05) is 0 Å². The highest BCUT2D eigenvalue weighted by Gasteiger charge is 2.14. The molecule has 3 rings (SSSR count). The first-order chi connectivity index (χ1) is 9.74. The molecule has 2 heterocycles. The van der Waals surface area contributed by atoms with Gasteiger partial charge in [0.25, 0.3) is 0 Å². The fourth-order valence-corrected chi connectivity index (χ4v) is 2.77. The third-order valence-electron chi connectivity index (χ3n) is 3.07. The second-order valence-electron chi connectivity index (χ2n) is 4.56. The molecule has 0 amide bonds. The molecule has 0 saturated carbocycles. The van der Waals surface area contributed by atoms with Gasteiger partial charge in [-0.1, -0.05) is 18.2 Å². The molecule has 4 heteroatoms. The van der Waals surface area contributed by atoms with Gasteiger partial charge >= 0.3 is 0 Å². The molecule has 0 unspecified atom stereocenters. The summed E-state index contributed by atoms with van der Waals surface area (Å²) in [4.78, 5) is 5.63. The summed E-state index contributed by atoms with van der Waals surface area (Å²) >= 11 is 1.64. The van der Waals surface area contributed by atoms with Gasteiger partial charge in [-0.05, 0) is 43.0 Å². The average molecular weight is 285 g/mol. The molecule has 3 nitrogen and oxygen atoms in total. The Hall–Kier alpha value is -2.07. The van der Waals surface area contributed by atoms with Crippen LogP contribution in [0, 0.1) is 13.8 Å². The first-order valence-corrected chi connectivity index (χ1v) is 7.30. The van der Waals surface area contributed by atoms with Crippen molar-refractivity contribution in [3.8, 4) is 16.5 Å². The van der Waals surface area contributed by atoms with E-state index in [1.165, 1.54) is 5.56 Å². The molecule has 3 aromatic rings. The number of para-hydroxylation sites is 1. The smallest absolute Gasteiger partial charge is 0.237 e. The molecule has 0 atom stereocenters. The molecule has 2 aromatic heterocycles. The molecule has 1 aromatic carbocycles. The highest BCUT2D eigenvalue weighted by atomic mass is 32.1. The number of ether oxygens (including phenoxy) is 1. The van der Waals surface area contributed by atoms with Crippen LogP contribution in [0.25, 0.3) is 10.8 Å². The number of nitrogens with zero attached hydrogens (tertiary/aromatic N) is 1. The van der Waals surface area contributed by atoms with Gasteiger partial charge in [0.1, 0.15) is 23.8 Å². The summed E-state index contributed by atoms with van der Waals surface area (Å²) in [6.45, 7) is 4.40. The van der Waals surface area contributed by atoms with Crippen LogP contribution in [0.5, 0.6) is 5.75 Å². The summed E-state index contributed by atoms with van der Waals surface area (Å²) in [5.41, 5.74) is 2.03. The van der Waals surface area contributed by atoms with Gasteiger partial charge in [0.2, 0.25) is 5.89 Å². The number of rotatable bonds is 4. The molecule has 102 valence electrons. The van der Waals surface area contributed by atoms with Gasteiger partial charge in [-0.25, -0.2) is 4.98 Å². The predicted octanol–water partition coefficient (Wildman–Crippen LogP) is 4.60. The third kappa shape index (κ3) is 2.60.